The molecule has 1 nitrogen and oxygen atoms in total. The lowest BCUT2D eigenvalue weighted by atomic mass is 10.1. The largest absolute Gasteiger partial charge is 0.392 e. The highest BCUT2D eigenvalue weighted by Gasteiger charge is 1.97. The molecule has 0 heterocycles. The summed E-state index contributed by atoms with van der Waals surface area (Å²) >= 11 is 3.44. The molecule has 0 amide bonds. The maximum Gasteiger partial charge on any atom is 0.0682 e. The Morgan fingerprint density at radius 1 is 1.45 bits per heavy atom. The van der Waals surface area contributed by atoms with Crippen LogP contribution in [0.15, 0.2) is 22.7 Å². The fraction of sp³-hybridized carbons (Fsp3) is 0.333. The van der Waals surface area contributed by atoms with E-state index < -0.39 is 0 Å². The standard InChI is InChI=1S/C9H11BrO/c1-2-8-4-3-7(6-11)5-9(8)10/h3-5,11H,2,6H2,1H3. The Morgan fingerprint density at radius 3 is 2.64 bits per heavy atom. The molecule has 11 heavy (non-hydrogen) atoms. The third-order valence-corrected chi connectivity index (χ3v) is 2.42. The van der Waals surface area contributed by atoms with E-state index in [1.54, 1.807) is 0 Å². The molecule has 1 rings (SSSR count). The van der Waals surface area contributed by atoms with Crippen LogP contribution >= 0.6 is 15.9 Å². The number of aliphatic hydroxyl groups is 1. The van der Waals surface area contributed by atoms with Gasteiger partial charge in [-0.1, -0.05) is 35.0 Å². The number of rotatable bonds is 2. The van der Waals surface area contributed by atoms with E-state index in [9.17, 15) is 0 Å². The van der Waals surface area contributed by atoms with E-state index in [0.717, 1.165) is 16.5 Å². The monoisotopic (exact) mass is 214 g/mol. The van der Waals surface area contributed by atoms with Gasteiger partial charge in [-0.05, 0) is 23.6 Å². The summed E-state index contributed by atoms with van der Waals surface area (Å²) < 4.78 is 1.09. The maximum atomic E-state index is 8.80. The molecule has 0 spiro atoms. The fourth-order valence-corrected chi connectivity index (χ4v) is 1.68. The van der Waals surface area contributed by atoms with Crippen molar-refractivity contribution in [1.29, 1.82) is 0 Å². The molecule has 0 fully saturated rings. The minimum absolute atomic E-state index is 0.114. The van der Waals surface area contributed by atoms with Gasteiger partial charge < -0.3 is 5.11 Å². The van der Waals surface area contributed by atoms with Crippen LogP contribution in [0.2, 0.25) is 0 Å². The second-order valence-corrected chi connectivity index (χ2v) is 3.29. The first-order valence-electron chi connectivity index (χ1n) is 3.66. The smallest absolute Gasteiger partial charge is 0.0682 e. The first-order chi connectivity index (χ1) is 5.27. The second kappa shape index (κ2) is 3.88. The lowest BCUT2D eigenvalue weighted by Crippen LogP contribution is -1.86. The third kappa shape index (κ3) is 2.04. The average molecular weight is 215 g/mol. The summed E-state index contributed by atoms with van der Waals surface area (Å²) in [6.45, 7) is 2.22. The maximum absolute atomic E-state index is 8.80. The van der Waals surface area contributed by atoms with Gasteiger partial charge in [-0.15, -0.1) is 0 Å². The Morgan fingerprint density at radius 2 is 2.18 bits per heavy atom. The van der Waals surface area contributed by atoms with E-state index in [1.165, 1.54) is 5.56 Å². The molecule has 0 aliphatic rings. The fourth-order valence-electron chi connectivity index (χ4n) is 0.976. The Kier molecular flexibility index (Phi) is 3.09. The molecule has 0 aromatic heterocycles. The van der Waals surface area contributed by atoms with E-state index in [4.69, 9.17) is 5.11 Å². The number of aryl methyl sites for hydroxylation is 1. The minimum Gasteiger partial charge on any atom is -0.392 e. The molecule has 1 aromatic rings. The summed E-state index contributed by atoms with van der Waals surface area (Å²) in [5.41, 5.74) is 2.23. The zero-order valence-electron chi connectivity index (χ0n) is 6.47. The van der Waals surface area contributed by atoms with Gasteiger partial charge in [0.2, 0.25) is 0 Å². The van der Waals surface area contributed by atoms with Gasteiger partial charge in [-0.2, -0.15) is 0 Å². The SMILES string of the molecule is CCc1ccc(CO)cc1Br. The Balaban J connectivity index is 2.99. The summed E-state index contributed by atoms with van der Waals surface area (Å²) in [5, 5.41) is 8.80. The highest BCUT2D eigenvalue weighted by Crippen LogP contribution is 2.18. The van der Waals surface area contributed by atoms with Crippen molar-refractivity contribution in [3.05, 3.63) is 33.8 Å². The molecule has 0 aliphatic heterocycles. The van der Waals surface area contributed by atoms with Gasteiger partial charge in [-0.3, -0.25) is 0 Å². The minimum atomic E-state index is 0.114. The zero-order valence-corrected chi connectivity index (χ0v) is 8.06. The van der Waals surface area contributed by atoms with Crippen molar-refractivity contribution in [2.75, 3.05) is 0 Å². The van der Waals surface area contributed by atoms with Crippen LogP contribution in [0.25, 0.3) is 0 Å². The van der Waals surface area contributed by atoms with Crippen molar-refractivity contribution >= 4 is 15.9 Å². The highest BCUT2D eigenvalue weighted by molar-refractivity contribution is 9.10. The average Bonchev–Trinajstić information content (AvgIpc) is 2.04. The van der Waals surface area contributed by atoms with Crippen molar-refractivity contribution in [2.24, 2.45) is 0 Å². The van der Waals surface area contributed by atoms with Crippen LogP contribution in [-0.2, 0) is 13.0 Å². The number of halogens is 1. The normalized spacial score (nSPS) is 10.1. The zero-order chi connectivity index (χ0) is 8.27. The molecule has 2 heteroatoms. The summed E-state index contributed by atoms with van der Waals surface area (Å²) in [7, 11) is 0. The van der Waals surface area contributed by atoms with Crippen LogP contribution in [0.1, 0.15) is 18.1 Å². The highest BCUT2D eigenvalue weighted by atomic mass is 79.9. The molecule has 0 unspecified atom stereocenters. The molecule has 1 N–H and O–H groups in total. The second-order valence-electron chi connectivity index (χ2n) is 2.44. The Bertz CT molecular complexity index is 245. The predicted octanol–water partition coefficient (Wildman–Crippen LogP) is 2.50. The van der Waals surface area contributed by atoms with E-state index >= 15 is 0 Å². The molecule has 0 saturated heterocycles. The number of hydrogen-bond acceptors (Lipinski definition) is 1. The van der Waals surface area contributed by atoms with Gasteiger partial charge in [0.25, 0.3) is 0 Å². The molecule has 0 atom stereocenters. The Labute approximate surface area is 75.2 Å². The summed E-state index contributed by atoms with van der Waals surface area (Å²) in [5.74, 6) is 0. The van der Waals surface area contributed by atoms with Gasteiger partial charge in [0.1, 0.15) is 0 Å². The van der Waals surface area contributed by atoms with Gasteiger partial charge >= 0.3 is 0 Å². The summed E-state index contributed by atoms with van der Waals surface area (Å²) in [6, 6.07) is 5.94. The van der Waals surface area contributed by atoms with Crippen molar-refractivity contribution in [3.8, 4) is 0 Å². The molecule has 0 radical (unpaired) electrons. The Hall–Kier alpha value is -0.340. The number of benzene rings is 1. The van der Waals surface area contributed by atoms with Crippen LogP contribution in [0, 0.1) is 0 Å². The van der Waals surface area contributed by atoms with Crippen LogP contribution in [-0.4, -0.2) is 5.11 Å². The van der Waals surface area contributed by atoms with Crippen molar-refractivity contribution in [1.82, 2.24) is 0 Å². The van der Waals surface area contributed by atoms with Crippen molar-refractivity contribution in [2.45, 2.75) is 20.0 Å². The molecule has 1 aromatic carbocycles. The first-order valence-corrected chi connectivity index (χ1v) is 4.45. The summed E-state index contributed by atoms with van der Waals surface area (Å²) in [6.07, 6.45) is 1.02. The van der Waals surface area contributed by atoms with Crippen LogP contribution < -0.4 is 0 Å². The number of hydrogen-bond donors (Lipinski definition) is 1. The molecule has 60 valence electrons. The molecule has 0 saturated carbocycles. The van der Waals surface area contributed by atoms with Crippen LogP contribution in [0.5, 0.6) is 0 Å². The van der Waals surface area contributed by atoms with Crippen molar-refractivity contribution < 1.29 is 5.11 Å². The molecular weight excluding hydrogens is 204 g/mol. The lowest BCUT2D eigenvalue weighted by molar-refractivity contribution is 0.281. The van der Waals surface area contributed by atoms with E-state index in [2.05, 4.69) is 22.9 Å². The molecule has 0 bridgehead atoms. The first kappa shape index (κ1) is 8.75. The van der Waals surface area contributed by atoms with E-state index in [0.29, 0.717) is 0 Å². The van der Waals surface area contributed by atoms with Crippen LogP contribution in [0.4, 0.5) is 0 Å². The molecular formula is C9H11BrO. The third-order valence-electron chi connectivity index (χ3n) is 1.68. The van der Waals surface area contributed by atoms with E-state index in [1.807, 2.05) is 18.2 Å². The number of aliphatic hydroxyl groups excluding tert-OH is 1. The van der Waals surface area contributed by atoms with E-state index in [-0.39, 0.29) is 6.61 Å². The van der Waals surface area contributed by atoms with Gasteiger partial charge in [-0.25, -0.2) is 0 Å². The predicted molar refractivity (Wildman–Crippen MR) is 49.4 cm³/mol. The van der Waals surface area contributed by atoms with Gasteiger partial charge in [0, 0.05) is 4.47 Å². The van der Waals surface area contributed by atoms with Gasteiger partial charge in [0.15, 0.2) is 0 Å². The topological polar surface area (TPSA) is 20.2 Å². The van der Waals surface area contributed by atoms with Gasteiger partial charge in [0.05, 0.1) is 6.61 Å². The van der Waals surface area contributed by atoms with Crippen LogP contribution in [0.3, 0.4) is 0 Å². The molecule has 0 aliphatic carbocycles. The lowest BCUT2D eigenvalue weighted by Gasteiger charge is -2.02. The summed E-state index contributed by atoms with van der Waals surface area (Å²) in [4.78, 5) is 0. The quantitative estimate of drug-likeness (QED) is 0.803. The van der Waals surface area contributed by atoms with Crippen molar-refractivity contribution in [3.63, 3.8) is 0 Å².